The third-order valence-corrected chi connectivity index (χ3v) is 5.54. The van der Waals surface area contributed by atoms with Gasteiger partial charge < -0.3 is 0 Å². The number of hydrogen-bond acceptors (Lipinski definition) is 3. The molecular weight excluding hydrogens is 216 g/mol. The Kier molecular flexibility index (Phi) is 12.0. The average molecular weight is 238 g/mol. The summed E-state index contributed by atoms with van der Waals surface area (Å²) in [6.45, 7) is 4.53. The minimum absolute atomic E-state index is 0.854. The Balaban J connectivity index is 3.47. The Hall–Kier alpha value is 1.05. The van der Waals surface area contributed by atoms with Crippen molar-refractivity contribution >= 4 is 35.3 Å². The second-order valence-electron chi connectivity index (χ2n) is 2.95. The molecule has 0 aliphatic heterocycles. The molecule has 0 saturated heterocycles. The van der Waals surface area contributed by atoms with Crippen LogP contribution in [-0.4, -0.2) is 28.1 Å². The second kappa shape index (κ2) is 11.1. The van der Waals surface area contributed by atoms with E-state index in [0.717, 1.165) is 4.58 Å². The van der Waals surface area contributed by atoms with E-state index < -0.39 is 0 Å². The molecule has 13 heavy (non-hydrogen) atoms. The molecule has 0 aromatic rings. The van der Waals surface area contributed by atoms with Gasteiger partial charge in [-0.05, 0) is 42.8 Å². The highest BCUT2D eigenvalue weighted by Crippen LogP contribution is 2.28. The summed E-state index contributed by atoms with van der Waals surface area (Å²) in [5.41, 5.74) is 0. The maximum Gasteiger partial charge on any atom is 0.0510 e. The van der Waals surface area contributed by atoms with Crippen molar-refractivity contribution in [3.05, 3.63) is 0 Å². The molecule has 0 heterocycles. The molecule has 0 unspecified atom stereocenters. The molecule has 0 atom stereocenters. The third kappa shape index (κ3) is 9.36. The quantitative estimate of drug-likeness (QED) is 0.548. The fourth-order valence-corrected chi connectivity index (χ4v) is 4.23. The maximum absolute atomic E-state index is 2.27. The van der Waals surface area contributed by atoms with Gasteiger partial charge in [-0.3, -0.25) is 0 Å². The van der Waals surface area contributed by atoms with Crippen molar-refractivity contribution in [1.82, 2.24) is 0 Å². The van der Waals surface area contributed by atoms with Crippen LogP contribution in [0, 0.1) is 0 Å². The Morgan fingerprint density at radius 3 is 1.85 bits per heavy atom. The van der Waals surface area contributed by atoms with Crippen LogP contribution in [0.15, 0.2) is 0 Å². The zero-order valence-electron chi connectivity index (χ0n) is 9.04. The highest BCUT2D eigenvalue weighted by molar-refractivity contribution is 8.17. The Labute approximate surface area is 96.4 Å². The van der Waals surface area contributed by atoms with E-state index in [1.807, 2.05) is 11.8 Å². The van der Waals surface area contributed by atoms with Crippen LogP contribution in [0.4, 0.5) is 0 Å². The van der Waals surface area contributed by atoms with Gasteiger partial charge in [-0.1, -0.05) is 13.8 Å². The van der Waals surface area contributed by atoms with Gasteiger partial charge in [-0.15, -0.1) is 23.5 Å². The summed E-state index contributed by atoms with van der Waals surface area (Å²) < 4.78 is 0.854. The van der Waals surface area contributed by atoms with Crippen LogP contribution in [0.25, 0.3) is 0 Å². The van der Waals surface area contributed by atoms with Gasteiger partial charge in [-0.2, -0.15) is 11.8 Å². The third-order valence-electron chi connectivity index (χ3n) is 1.57. The fraction of sp³-hybridized carbons (Fsp3) is 1.00. The minimum Gasteiger partial charge on any atom is -0.165 e. The SMILES string of the molecule is CCCSC(CCSC)SCCC. The molecule has 0 nitrogen and oxygen atoms in total. The maximum atomic E-state index is 2.27. The van der Waals surface area contributed by atoms with Crippen molar-refractivity contribution in [1.29, 1.82) is 0 Å². The molecule has 0 aromatic heterocycles. The topological polar surface area (TPSA) is 0 Å². The molecule has 3 heteroatoms. The molecule has 0 rings (SSSR count). The lowest BCUT2D eigenvalue weighted by Gasteiger charge is -2.14. The Morgan fingerprint density at radius 2 is 1.46 bits per heavy atom. The fourth-order valence-electron chi connectivity index (χ4n) is 0.927. The average Bonchev–Trinajstić information content (AvgIpc) is 2.17. The second-order valence-corrected chi connectivity index (χ2v) is 6.86. The van der Waals surface area contributed by atoms with Gasteiger partial charge in [0.15, 0.2) is 0 Å². The zero-order valence-corrected chi connectivity index (χ0v) is 11.5. The van der Waals surface area contributed by atoms with Gasteiger partial charge in [0.25, 0.3) is 0 Å². The molecule has 0 fully saturated rings. The first-order valence-electron chi connectivity index (χ1n) is 5.07. The highest BCUT2D eigenvalue weighted by atomic mass is 32.2. The normalized spacial score (nSPS) is 11.1. The lowest BCUT2D eigenvalue weighted by Crippen LogP contribution is -2.01. The van der Waals surface area contributed by atoms with E-state index in [4.69, 9.17) is 0 Å². The van der Waals surface area contributed by atoms with Crippen LogP contribution in [0.2, 0.25) is 0 Å². The number of thioether (sulfide) groups is 3. The molecule has 0 saturated carbocycles. The first-order chi connectivity index (χ1) is 6.35. The van der Waals surface area contributed by atoms with Crippen LogP contribution in [0.3, 0.4) is 0 Å². The van der Waals surface area contributed by atoms with E-state index in [1.54, 1.807) is 0 Å². The van der Waals surface area contributed by atoms with Crippen molar-refractivity contribution < 1.29 is 0 Å². The summed E-state index contributed by atoms with van der Waals surface area (Å²) in [6.07, 6.45) is 6.20. The van der Waals surface area contributed by atoms with Gasteiger partial charge in [0.05, 0.1) is 4.58 Å². The minimum atomic E-state index is 0.854. The number of rotatable bonds is 9. The predicted octanol–water partition coefficient (Wildman–Crippen LogP) is 4.35. The van der Waals surface area contributed by atoms with Crippen molar-refractivity contribution in [3.63, 3.8) is 0 Å². The van der Waals surface area contributed by atoms with Crippen molar-refractivity contribution in [2.75, 3.05) is 23.5 Å². The largest absolute Gasteiger partial charge is 0.165 e. The van der Waals surface area contributed by atoms with Gasteiger partial charge in [-0.25, -0.2) is 0 Å². The molecule has 0 aliphatic rings. The molecule has 0 radical (unpaired) electrons. The van der Waals surface area contributed by atoms with Crippen LogP contribution >= 0.6 is 35.3 Å². The van der Waals surface area contributed by atoms with Gasteiger partial charge in [0, 0.05) is 0 Å². The summed E-state index contributed by atoms with van der Waals surface area (Å²) >= 11 is 6.27. The van der Waals surface area contributed by atoms with E-state index >= 15 is 0 Å². The van der Waals surface area contributed by atoms with Crippen LogP contribution < -0.4 is 0 Å². The molecule has 0 spiro atoms. The molecule has 0 amide bonds. The van der Waals surface area contributed by atoms with Gasteiger partial charge in [0.2, 0.25) is 0 Å². The summed E-state index contributed by atoms with van der Waals surface area (Å²) in [5.74, 6) is 3.98. The van der Waals surface area contributed by atoms with Gasteiger partial charge >= 0.3 is 0 Å². The monoisotopic (exact) mass is 238 g/mol. The standard InChI is InChI=1S/C10H22S3/c1-4-7-12-10(6-9-11-3)13-8-5-2/h10H,4-9H2,1-3H3. The Morgan fingerprint density at radius 1 is 0.923 bits per heavy atom. The van der Waals surface area contributed by atoms with Gasteiger partial charge in [0.1, 0.15) is 0 Å². The smallest absolute Gasteiger partial charge is 0.0510 e. The summed E-state index contributed by atoms with van der Waals surface area (Å²) in [6, 6.07) is 0. The Bertz CT molecular complexity index is 77.2. The molecule has 0 aromatic carbocycles. The van der Waals surface area contributed by atoms with Crippen molar-refractivity contribution in [2.45, 2.75) is 37.7 Å². The van der Waals surface area contributed by atoms with E-state index in [-0.39, 0.29) is 0 Å². The molecule has 80 valence electrons. The summed E-state index contributed by atoms with van der Waals surface area (Å²) in [5, 5.41) is 0. The predicted molar refractivity (Wildman–Crippen MR) is 72.3 cm³/mol. The number of hydrogen-bond donors (Lipinski definition) is 0. The molecular formula is C10H22S3. The van der Waals surface area contributed by atoms with E-state index in [9.17, 15) is 0 Å². The first-order valence-corrected chi connectivity index (χ1v) is 8.56. The summed E-state index contributed by atoms with van der Waals surface area (Å²) in [4.78, 5) is 0. The van der Waals surface area contributed by atoms with Crippen molar-refractivity contribution in [2.24, 2.45) is 0 Å². The van der Waals surface area contributed by atoms with Crippen LogP contribution in [0.1, 0.15) is 33.1 Å². The van der Waals surface area contributed by atoms with E-state index in [2.05, 4.69) is 43.6 Å². The van der Waals surface area contributed by atoms with Crippen LogP contribution in [-0.2, 0) is 0 Å². The molecule has 0 aliphatic carbocycles. The van der Waals surface area contributed by atoms with E-state index in [0.29, 0.717) is 0 Å². The van der Waals surface area contributed by atoms with Crippen molar-refractivity contribution in [3.8, 4) is 0 Å². The first kappa shape index (κ1) is 14.1. The summed E-state index contributed by atoms with van der Waals surface area (Å²) in [7, 11) is 0. The van der Waals surface area contributed by atoms with Crippen LogP contribution in [0.5, 0.6) is 0 Å². The highest BCUT2D eigenvalue weighted by Gasteiger charge is 2.07. The molecule has 0 bridgehead atoms. The lowest BCUT2D eigenvalue weighted by molar-refractivity contribution is 1.04. The zero-order chi connectivity index (χ0) is 9.94. The van der Waals surface area contributed by atoms with E-state index in [1.165, 1.54) is 36.5 Å². The lowest BCUT2D eigenvalue weighted by atomic mass is 10.6. The molecule has 0 N–H and O–H groups in total.